The van der Waals surface area contributed by atoms with E-state index in [-0.39, 0.29) is 59.7 Å². The number of imide groups is 1. The van der Waals surface area contributed by atoms with E-state index in [9.17, 15) is 47.1 Å². The van der Waals surface area contributed by atoms with E-state index in [1.165, 1.54) is 77.7 Å². The zero-order valence-electron chi connectivity index (χ0n) is 38.4. The predicted octanol–water partition coefficient (Wildman–Crippen LogP) is 4.54. The summed E-state index contributed by atoms with van der Waals surface area (Å²) in [7, 11) is 2.43. The van der Waals surface area contributed by atoms with Crippen molar-refractivity contribution < 1.29 is 42.2 Å². The Morgan fingerprint density at radius 1 is 0.620 bits per heavy atom. The van der Waals surface area contributed by atoms with Gasteiger partial charge in [-0.05, 0) is 59.4 Å². The first-order valence-corrected chi connectivity index (χ1v) is 22.1. The Kier molecular flexibility index (Phi) is 16.3. The van der Waals surface area contributed by atoms with Crippen LogP contribution in [0, 0.1) is 11.6 Å². The number of fused-ring (bicyclic) bond motifs is 2. The number of nitrogens with zero attached hydrogens (tertiary/aromatic N) is 6. The summed E-state index contributed by atoms with van der Waals surface area (Å²) in [5.41, 5.74) is -0.283. The van der Waals surface area contributed by atoms with Gasteiger partial charge in [-0.15, -0.1) is 5.10 Å². The number of likely N-dealkylation sites (tertiary alicyclic amines) is 1. The van der Waals surface area contributed by atoms with Crippen molar-refractivity contribution in [2.75, 3.05) is 27.4 Å². The second-order valence-electron chi connectivity index (χ2n) is 16.0. The van der Waals surface area contributed by atoms with Gasteiger partial charge in [0.05, 0.1) is 40.4 Å². The number of hydrogen-bond donors (Lipinski definition) is 2. The van der Waals surface area contributed by atoms with Crippen LogP contribution in [-0.2, 0) is 50.0 Å². The normalized spacial score (nSPS) is 13.0. The van der Waals surface area contributed by atoms with E-state index in [1.54, 1.807) is 12.1 Å². The van der Waals surface area contributed by atoms with Crippen molar-refractivity contribution in [2.24, 2.45) is 0 Å². The predicted molar refractivity (Wildman–Crippen MR) is 253 cm³/mol. The zero-order valence-corrected chi connectivity index (χ0v) is 38.4. The fraction of sp³-hybridized carbons (Fsp3) is 0.240. The summed E-state index contributed by atoms with van der Waals surface area (Å²) < 4.78 is 43.5. The van der Waals surface area contributed by atoms with Crippen molar-refractivity contribution in [3.63, 3.8) is 0 Å². The highest BCUT2D eigenvalue weighted by Crippen LogP contribution is 2.17. The average Bonchev–Trinajstić information content (AvgIpc) is 4.26. The molecule has 2 saturated heterocycles. The first-order valence-electron chi connectivity index (χ1n) is 22.1. The maximum Gasteiger partial charge on any atom is 0.361 e. The van der Waals surface area contributed by atoms with Crippen LogP contribution in [-0.4, -0.2) is 90.6 Å². The summed E-state index contributed by atoms with van der Waals surface area (Å²) in [6.45, 7) is 2.64. The van der Waals surface area contributed by atoms with Gasteiger partial charge >= 0.3 is 11.9 Å². The molecule has 2 N–H and O–H groups in total. The van der Waals surface area contributed by atoms with Crippen LogP contribution < -0.4 is 22.0 Å². The molecule has 2 amide bonds. The van der Waals surface area contributed by atoms with Crippen molar-refractivity contribution in [3.8, 4) is 0 Å². The number of halogens is 2. The third-order valence-corrected chi connectivity index (χ3v) is 11.2. The third-order valence-electron chi connectivity index (χ3n) is 11.2. The van der Waals surface area contributed by atoms with E-state index in [0.717, 1.165) is 34.5 Å². The van der Waals surface area contributed by atoms with Gasteiger partial charge in [0.15, 0.2) is 5.69 Å². The number of hydrogen-bond acceptors (Lipinski definition) is 13. The van der Waals surface area contributed by atoms with Crippen molar-refractivity contribution in [3.05, 3.63) is 196 Å². The summed E-state index contributed by atoms with van der Waals surface area (Å²) >= 11 is 0. The molecule has 21 heteroatoms. The largest absolute Gasteiger partial charge is 0.464 e. The Labute approximate surface area is 401 Å². The minimum absolute atomic E-state index is 0.00242. The highest BCUT2D eigenvalue weighted by Gasteiger charge is 2.29. The maximum atomic E-state index is 13.2. The molecule has 0 spiro atoms. The number of aromatic amines is 2. The molecule has 0 atom stereocenters. The number of methoxy groups -OCH3 is 2. The molecule has 5 aromatic carbocycles. The number of H-pyrrole nitrogens is 2. The molecule has 0 unspecified atom stereocenters. The zero-order chi connectivity index (χ0) is 50.6. The molecule has 0 bridgehead atoms. The molecular formula is C50H46F2N8O11. The minimum atomic E-state index is -0.836. The van der Waals surface area contributed by atoms with Crippen molar-refractivity contribution in [1.29, 1.82) is 0 Å². The van der Waals surface area contributed by atoms with Crippen molar-refractivity contribution >= 4 is 45.6 Å². The minimum Gasteiger partial charge on any atom is -0.464 e. The number of carbonyl (C=O) groups excluding carboxylic acids is 4. The van der Waals surface area contributed by atoms with Crippen LogP contribution in [0.4, 0.5) is 8.78 Å². The molecule has 0 radical (unpaired) electrons. The third kappa shape index (κ3) is 11.8. The number of nitrogens with one attached hydrogen (secondary N) is 2. The Morgan fingerprint density at radius 3 is 1.62 bits per heavy atom. The van der Waals surface area contributed by atoms with Gasteiger partial charge in [0.25, 0.3) is 11.1 Å². The lowest BCUT2D eigenvalue weighted by atomic mass is 10.1. The Bertz CT molecular complexity index is 3380. The van der Waals surface area contributed by atoms with Gasteiger partial charge in [0, 0.05) is 26.1 Å². The van der Waals surface area contributed by atoms with Gasteiger partial charge in [-0.1, -0.05) is 90.1 Å². The van der Waals surface area contributed by atoms with Crippen LogP contribution in [0.3, 0.4) is 0 Å². The first-order chi connectivity index (χ1) is 34.3. The molecule has 0 aliphatic carbocycles. The first kappa shape index (κ1) is 50.2. The van der Waals surface area contributed by atoms with E-state index in [2.05, 4.69) is 30.1 Å². The van der Waals surface area contributed by atoms with Gasteiger partial charge in [0.2, 0.25) is 28.4 Å². The number of esters is 2. The van der Waals surface area contributed by atoms with Crippen molar-refractivity contribution in [1.82, 2.24) is 39.5 Å². The molecule has 3 aromatic heterocycles. The highest BCUT2D eigenvalue weighted by atomic mass is 19.1. The number of carbonyl (C=O) groups is 4. The van der Waals surface area contributed by atoms with Gasteiger partial charge in [-0.25, -0.2) is 28.3 Å². The highest BCUT2D eigenvalue weighted by molar-refractivity contribution is 6.02. The summed E-state index contributed by atoms with van der Waals surface area (Å²) in [6, 6.07) is 29.7. The van der Waals surface area contributed by atoms with Crippen LogP contribution in [0.1, 0.15) is 68.9 Å². The van der Waals surface area contributed by atoms with E-state index in [0.29, 0.717) is 24.9 Å². The fourth-order valence-electron chi connectivity index (χ4n) is 7.61. The lowest BCUT2D eigenvalue weighted by Gasteiger charge is -2.13. The van der Waals surface area contributed by atoms with E-state index in [4.69, 9.17) is 4.74 Å². The molecule has 19 nitrogen and oxygen atoms in total. The van der Waals surface area contributed by atoms with Gasteiger partial charge in [0.1, 0.15) is 33.4 Å². The van der Waals surface area contributed by atoms with Crippen molar-refractivity contribution in [2.45, 2.75) is 51.9 Å². The van der Waals surface area contributed by atoms with Gasteiger partial charge in [-0.2, -0.15) is 0 Å². The smallest absolute Gasteiger partial charge is 0.361 e. The Hall–Kier alpha value is -8.72. The topological polar surface area (TPSA) is 240 Å². The lowest BCUT2D eigenvalue weighted by molar-refractivity contribution is -0.139. The SMILES string of the molecule is C1CCOC1.COC(=O)c1nnn(Cc2ccccc2)c1C(=O)OC.O=C1CCC(=O)N1Cc1ccc(F)cc1.O=c1c2[nH][nH]n(Cc3ccccc3)c2c(=O)c2c(=O)n(Cc3ccc(F)cc3)c(=O)c12. The average molecular weight is 973 g/mol. The van der Waals surface area contributed by atoms with Crippen LogP contribution >= 0.6 is 0 Å². The summed E-state index contributed by atoms with van der Waals surface area (Å²) in [5, 5.41) is 12.0. The molecule has 5 heterocycles. The molecular weight excluding hydrogens is 927 g/mol. The summed E-state index contributed by atoms with van der Waals surface area (Å²) in [4.78, 5) is 99.1. The monoisotopic (exact) mass is 972 g/mol. The number of amides is 2. The van der Waals surface area contributed by atoms with Crippen LogP contribution in [0.2, 0.25) is 0 Å². The van der Waals surface area contributed by atoms with E-state index in [1.807, 2.05) is 60.7 Å². The lowest BCUT2D eigenvalue weighted by Crippen LogP contribution is -2.28. The molecule has 71 heavy (non-hydrogen) atoms. The maximum absolute atomic E-state index is 13.2. The molecule has 2 fully saturated rings. The number of aromatic nitrogens is 7. The fourth-order valence-corrected chi connectivity index (χ4v) is 7.61. The van der Waals surface area contributed by atoms with Crippen LogP contribution in [0.5, 0.6) is 0 Å². The van der Waals surface area contributed by atoms with E-state index >= 15 is 0 Å². The second kappa shape index (κ2) is 23.1. The van der Waals surface area contributed by atoms with Gasteiger partial charge in [-0.3, -0.25) is 48.0 Å². The molecule has 10 rings (SSSR count). The molecule has 0 saturated carbocycles. The van der Waals surface area contributed by atoms with Crippen LogP contribution in [0.25, 0.3) is 21.8 Å². The Morgan fingerprint density at radius 2 is 1.11 bits per heavy atom. The number of benzene rings is 5. The second-order valence-corrected chi connectivity index (χ2v) is 16.0. The number of rotatable bonds is 10. The Balaban J connectivity index is 0.000000159. The van der Waals surface area contributed by atoms with E-state index < -0.39 is 50.5 Å². The summed E-state index contributed by atoms with van der Waals surface area (Å²) in [6.07, 6.45) is 3.14. The van der Waals surface area contributed by atoms with Gasteiger partial charge < -0.3 is 14.2 Å². The molecule has 8 aromatic rings. The molecule has 2 aliphatic rings. The van der Waals surface area contributed by atoms with Crippen LogP contribution in [0.15, 0.2) is 128 Å². The standard InChI is InChI=1S/C22H15FN4O4.C13H13N3O4.C11H10FNO2.C4H8O/c23-14-8-6-13(7-9-14)10-26-21(30)15-16(22(26)31)20(29)18-17(19(15)28)24-25-27(18)11-12-4-2-1-3-5-12;1-19-12(17)10-11(13(18)20-2)16(15-14-10)8-9-6-4-3-5-7-9;12-9-3-1-8(2-4-9)7-13-10(14)5-6-11(13)15;1-2-4-5-3-1/h1-9,24-25H,10-11H2;3-7H,8H2,1-2H3;1-4H,5-7H2;1-4H2. The molecule has 2 aliphatic heterocycles. The number of ether oxygens (including phenoxy) is 3. The quantitative estimate of drug-likeness (QED) is 0.142. The molecule has 366 valence electrons. The summed E-state index contributed by atoms with van der Waals surface area (Å²) in [5.74, 6) is -2.49.